The fourth-order valence-corrected chi connectivity index (χ4v) is 5.21. The van der Waals surface area contributed by atoms with E-state index in [4.69, 9.17) is 11.6 Å². The van der Waals surface area contributed by atoms with Crippen LogP contribution in [0.15, 0.2) is 94.7 Å². The number of aryl methyl sites for hydroxylation is 1. The molecule has 0 bridgehead atoms. The number of hydrogen-bond acceptors (Lipinski definition) is 3. The first-order chi connectivity index (χ1) is 17.8. The fourth-order valence-electron chi connectivity index (χ4n) is 4.27. The maximum Gasteiger partial charge on any atom is 0.280 e. The van der Waals surface area contributed by atoms with E-state index in [1.165, 1.54) is 12.3 Å². The summed E-state index contributed by atoms with van der Waals surface area (Å²) in [5.41, 5.74) is 2.09. The lowest BCUT2D eigenvalue weighted by Gasteiger charge is -2.13. The molecule has 6 nitrogen and oxygen atoms in total. The van der Waals surface area contributed by atoms with Gasteiger partial charge in [-0.2, -0.15) is 0 Å². The first-order valence-electron chi connectivity index (χ1n) is 11.4. The van der Waals surface area contributed by atoms with Gasteiger partial charge < -0.3 is 9.55 Å². The van der Waals surface area contributed by atoms with Crippen molar-refractivity contribution >= 4 is 39.4 Å². The lowest BCUT2D eigenvalue weighted by molar-refractivity contribution is 0.0975. The molecule has 5 rings (SSSR count). The molecule has 2 N–H and O–H groups in total. The van der Waals surface area contributed by atoms with Crippen LogP contribution in [0.2, 0.25) is 5.02 Å². The van der Waals surface area contributed by atoms with Gasteiger partial charge in [0, 0.05) is 38.8 Å². The number of aromatic nitrogens is 2. The minimum atomic E-state index is -1.88. The quantitative estimate of drug-likeness (QED) is 0.298. The normalized spacial score (nSPS) is 12.0. The van der Waals surface area contributed by atoms with Gasteiger partial charge in [0.25, 0.3) is 11.5 Å². The highest BCUT2D eigenvalue weighted by Crippen LogP contribution is 2.36. The van der Waals surface area contributed by atoms with Crippen molar-refractivity contribution < 1.29 is 13.4 Å². The molecular formula is C28H21ClFN3O3S. The van der Waals surface area contributed by atoms with E-state index in [0.717, 1.165) is 5.56 Å². The molecule has 1 amide bonds. The van der Waals surface area contributed by atoms with Crippen molar-refractivity contribution in [3.63, 3.8) is 0 Å². The lowest BCUT2D eigenvalue weighted by Crippen LogP contribution is -2.29. The van der Waals surface area contributed by atoms with Crippen molar-refractivity contribution in [1.29, 1.82) is 0 Å². The summed E-state index contributed by atoms with van der Waals surface area (Å²) in [6, 6.07) is 21.5. The number of hydrogen-bond donors (Lipinski definition) is 2. The van der Waals surface area contributed by atoms with Crippen LogP contribution in [0.5, 0.6) is 0 Å². The molecule has 0 spiro atoms. The molecule has 0 saturated heterocycles. The standard InChI is InChI=1S/C28H21ClFN3O3S/c1-17-8-11-20(12-9-17)37(36)32-28(35)26-25(21-6-4-14-31-27(21)34)22-15-19(29)10-13-24(22)33(26)16-18-5-2-3-7-23(18)30/h2-15H,16H2,1H3,(H,31,34)(H,32,35)/t37-/m0/s1. The molecule has 2 heterocycles. The van der Waals surface area contributed by atoms with Crippen molar-refractivity contribution in [2.24, 2.45) is 0 Å². The number of H-pyrrole nitrogens is 1. The first kappa shape index (κ1) is 24.7. The van der Waals surface area contributed by atoms with E-state index >= 15 is 0 Å². The molecule has 1 atom stereocenters. The number of fused-ring (bicyclic) bond motifs is 1. The maximum absolute atomic E-state index is 14.7. The van der Waals surface area contributed by atoms with Gasteiger partial charge in [-0.1, -0.05) is 47.5 Å². The second-order valence-electron chi connectivity index (χ2n) is 8.49. The van der Waals surface area contributed by atoms with E-state index in [2.05, 4.69) is 9.71 Å². The molecule has 0 aliphatic carbocycles. The Hall–Kier alpha value is -4.01. The highest BCUT2D eigenvalue weighted by molar-refractivity contribution is 7.83. The van der Waals surface area contributed by atoms with Crippen LogP contribution >= 0.6 is 11.6 Å². The smallest absolute Gasteiger partial charge is 0.280 e. The summed E-state index contributed by atoms with van der Waals surface area (Å²) in [7, 11) is -1.88. The molecule has 9 heteroatoms. The summed E-state index contributed by atoms with van der Waals surface area (Å²) in [4.78, 5) is 29.7. The van der Waals surface area contributed by atoms with Gasteiger partial charge in [-0.3, -0.25) is 14.3 Å². The summed E-state index contributed by atoms with van der Waals surface area (Å²) >= 11 is 6.32. The van der Waals surface area contributed by atoms with Crippen molar-refractivity contribution in [3.8, 4) is 11.1 Å². The summed E-state index contributed by atoms with van der Waals surface area (Å²) in [5, 5.41) is 0.936. The average molecular weight is 534 g/mol. The van der Waals surface area contributed by atoms with E-state index < -0.39 is 28.3 Å². The van der Waals surface area contributed by atoms with E-state index in [-0.39, 0.29) is 17.8 Å². The Kier molecular flexibility index (Phi) is 6.78. The van der Waals surface area contributed by atoms with E-state index in [9.17, 15) is 18.2 Å². The summed E-state index contributed by atoms with van der Waals surface area (Å²) in [6.07, 6.45) is 1.49. The number of amides is 1. The van der Waals surface area contributed by atoms with Gasteiger partial charge in [-0.15, -0.1) is 0 Å². The van der Waals surface area contributed by atoms with Gasteiger partial charge in [0.15, 0.2) is 11.0 Å². The number of carbonyl (C=O) groups is 1. The number of halogens is 2. The van der Waals surface area contributed by atoms with Gasteiger partial charge in [0.2, 0.25) is 0 Å². The summed E-state index contributed by atoms with van der Waals surface area (Å²) < 4.78 is 31.9. The van der Waals surface area contributed by atoms with Crippen LogP contribution in [0, 0.1) is 12.7 Å². The number of pyridine rings is 1. The molecule has 5 aromatic rings. The third-order valence-electron chi connectivity index (χ3n) is 6.03. The second-order valence-corrected chi connectivity index (χ2v) is 10.1. The van der Waals surface area contributed by atoms with E-state index in [1.54, 1.807) is 77.4 Å². The van der Waals surface area contributed by atoms with Gasteiger partial charge in [0.05, 0.1) is 11.4 Å². The SMILES string of the molecule is Cc1ccc([S@](=O)NC(=O)c2c(-c3ccc[nH]c3=O)c3cc(Cl)ccc3n2Cc2ccccc2F)cc1. The van der Waals surface area contributed by atoms with Gasteiger partial charge >= 0.3 is 0 Å². The predicted octanol–water partition coefficient (Wildman–Crippen LogP) is 5.60. The molecule has 0 fully saturated rings. The Morgan fingerprint density at radius 1 is 1.05 bits per heavy atom. The molecule has 37 heavy (non-hydrogen) atoms. The molecule has 3 aromatic carbocycles. The monoisotopic (exact) mass is 533 g/mol. The molecule has 0 unspecified atom stereocenters. The van der Waals surface area contributed by atoms with Crippen LogP contribution < -0.4 is 10.3 Å². The minimum absolute atomic E-state index is 0.00450. The molecular weight excluding hydrogens is 513 g/mol. The van der Waals surface area contributed by atoms with Crippen molar-refractivity contribution in [1.82, 2.24) is 14.3 Å². The highest BCUT2D eigenvalue weighted by atomic mass is 35.5. The molecule has 0 aliphatic rings. The number of aromatic amines is 1. The number of nitrogens with zero attached hydrogens (tertiary/aromatic N) is 1. The fraction of sp³-hybridized carbons (Fsp3) is 0.0714. The van der Waals surface area contributed by atoms with Gasteiger partial charge in [-0.05, 0) is 55.5 Å². The number of carbonyl (C=O) groups excluding carboxylic acids is 1. The Morgan fingerprint density at radius 3 is 2.54 bits per heavy atom. The molecule has 0 radical (unpaired) electrons. The van der Waals surface area contributed by atoms with Crippen LogP contribution in [0.25, 0.3) is 22.0 Å². The largest absolute Gasteiger partial charge is 0.331 e. The zero-order chi connectivity index (χ0) is 26.1. The second kappa shape index (κ2) is 10.2. The number of nitrogens with one attached hydrogen (secondary N) is 2. The average Bonchev–Trinajstić information content (AvgIpc) is 3.19. The topological polar surface area (TPSA) is 84.0 Å². The lowest BCUT2D eigenvalue weighted by atomic mass is 10.0. The predicted molar refractivity (Wildman–Crippen MR) is 144 cm³/mol. The number of rotatable bonds is 6. The third-order valence-corrected chi connectivity index (χ3v) is 7.34. The van der Waals surface area contributed by atoms with Crippen LogP contribution in [-0.4, -0.2) is 19.7 Å². The van der Waals surface area contributed by atoms with E-state index in [0.29, 0.717) is 31.9 Å². The Balaban J connectivity index is 1.74. The molecule has 0 saturated carbocycles. The molecule has 2 aromatic heterocycles. The van der Waals surface area contributed by atoms with Crippen molar-refractivity contribution in [2.75, 3.05) is 0 Å². The minimum Gasteiger partial charge on any atom is -0.331 e. The Bertz CT molecular complexity index is 1730. The number of benzene rings is 3. The highest BCUT2D eigenvalue weighted by Gasteiger charge is 2.27. The van der Waals surface area contributed by atoms with Crippen molar-refractivity contribution in [2.45, 2.75) is 18.4 Å². The van der Waals surface area contributed by atoms with Crippen LogP contribution in [0.4, 0.5) is 4.39 Å². The van der Waals surface area contributed by atoms with Gasteiger partial charge in [0.1, 0.15) is 11.5 Å². The van der Waals surface area contributed by atoms with Crippen molar-refractivity contribution in [3.05, 3.63) is 123 Å². The van der Waals surface area contributed by atoms with Crippen LogP contribution in [0.3, 0.4) is 0 Å². The zero-order valence-electron chi connectivity index (χ0n) is 19.6. The summed E-state index contributed by atoms with van der Waals surface area (Å²) in [6.45, 7) is 1.90. The van der Waals surface area contributed by atoms with Crippen LogP contribution in [0.1, 0.15) is 21.6 Å². The maximum atomic E-state index is 14.7. The summed E-state index contributed by atoms with van der Waals surface area (Å²) in [5.74, 6) is -1.12. The Labute approximate surface area is 219 Å². The van der Waals surface area contributed by atoms with Gasteiger partial charge in [-0.25, -0.2) is 8.60 Å². The zero-order valence-corrected chi connectivity index (χ0v) is 21.2. The third kappa shape index (κ3) is 4.85. The molecule has 186 valence electrons. The molecule has 0 aliphatic heterocycles. The van der Waals surface area contributed by atoms with E-state index in [1.807, 2.05) is 6.92 Å². The Morgan fingerprint density at radius 2 is 1.81 bits per heavy atom. The first-order valence-corrected chi connectivity index (χ1v) is 12.9. The van der Waals surface area contributed by atoms with Crippen LogP contribution in [-0.2, 0) is 17.5 Å².